The molecule has 3 heterocycles. The van der Waals surface area contributed by atoms with Gasteiger partial charge in [0, 0.05) is 19.0 Å². The molecule has 4 rings (SSSR count). The Labute approximate surface area is 145 Å². The van der Waals surface area contributed by atoms with Crippen LogP contribution in [0.5, 0.6) is 0 Å². The van der Waals surface area contributed by atoms with E-state index in [1.807, 2.05) is 18.2 Å². The molecule has 0 radical (unpaired) electrons. The highest BCUT2D eigenvalue weighted by molar-refractivity contribution is 5.77. The third-order valence-corrected chi connectivity index (χ3v) is 4.90. The van der Waals surface area contributed by atoms with Gasteiger partial charge < -0.3 is 9.55 Å². The minimum atomic E-state index is -0.0882. The molecule has 1 aliphatic rings. The lowest BCUT2D eigenvalue weighted by atomic mass is 10.2. The average Bonchev–Trinajstić information content (AvgIpc) is 3.04. The molecule has 0 aliphatic carbocycles. The number of nitrogens with one attached hydrogen (secondary N) is 1. The second kappa shape index (κ2) is 6.07. The van der Waals surface area contributed by atoms with E-state index in [2.05, 4.69) is 50.4 Å². The molecule has 0 amide bonds. The van der Waals surface area contributed by atoms with Crippen molar-refractivity contribution < 1.29 is 0 Å². The van der Waals surface area contributed by atoms with Crippen molar-refractivity contribution >= 4 is 10.9 Å². The van der Waals surface area contributed by atoms with Crippen LogP contribution in [-0.4, -0.2) is 36.2 Å². The number of H-pyrrole nitrogens is 1. The van der Waals surface area contributed by atoms with Crippen LogP contribution in [0.2, 0.25) is 0 Å². The van der Waals surface area contributed by atoms with Crippen LogP contribution >= 0.6 is 0 Å². The Hall–Kier alpha value is -2.54. The van der Waals surface area contributed by atoms with Crippen LogP contribution in [0.3, 0.4) is 0 Å². The normalized spacial score (nSPS) is 16.3. The minimum Gasteiger partial charge on any atom is -0.312 e. The second-order valence-corrected chi connectivity index (χ2v) is 6.90. The molecule has 1 N–H and O–H groups in total. The molecular weight excluding hydrogens is 316 g/mol. The molecule has 0 saturated heterocycles. The van der Waals surface area contributed by atoms with Crippen molar-refractivity contribution in [2.75, 3.05) is 6.54 Å². The lowest BCUT2D eigenvalue weighted by Crippen LogP contribution is -2.37. The topological polar surface area (TPSA) is 79.7 Å². The summed E-state index contributed by atoms with van der Waals surface area (Å²) in [6.45, 7) is 8.78. The van der Waals surface area contributed by atoms with Crippen molar-refractivity contribution in [3.05, 3.63) is 52.1 Å². The van der Waals surface area contributed by atoms with Crippen LogP contribution in [0.1, 0.15) is 50.2 Å². The summed E-state index contributed by atoms with van der Waals surface area (Å²) in [5, 5.41) is 9.31. The van der Waals surface area contributed by atoms with Gasteiger partial charge in [0.1, 0.15) is 17.5 Å². The van der Waals surface area contributed by atoms with Crippen molar-refractivity contribution in [2.45, 2.75) is 45.8 Å². The molecule has 2 aromatic heterocycles. The van der Waals surface area contributed by atoms with E-state index < -0.39 is 0 Å². The summed E-state index contributed by atoms with van der Waals surface area (Å²) in [6, 6.07) is 7.44. The van der Waals surface area contributed by atoms with Crippen molar-refractivity contribution in [1.82, 2.24) is 29.6 Å². The number of para-hydroxylation sites is 1. The van der Waals surface area contributed by atoms with Gasteiger partial charge in [-0.2, -0.15) is 0 Å². The van der Waals surface area contributed by atoms with Gasteiger partial charge in [0.05, 0.1) is 23.5 Å². The first-order valence-corrected chi connectivity index (χ1v) is 8.69. The number of hydrogen-bond donors (Lipinski definition) is 1. The van der Waals surface area contributed by atoms with Crippen LogP contribution in [0.15, 0.2) is 29.1 Å². The number of benzene rings is 1. The molecule has 1 atom stereocenters. The van der Waals surface area contributed by atoms with E-state index in [4.69, 9.17) is 0 Å². The molecule has 1 aromatic carbocycles. The zero-order valence-electron chi connectivity index (χ0n) is 14.7. The van der Waals surface area contributed by atoms with Gasteiger partial charge in [-0.25, -0.2) is 4.98 Å². The SMILES string of the molecule is CC(C)c1nnc2n1CCN(C(C)c1nc3ccccc3c(=O)[nH]1)C2. The lowest BCUT2D eigenvalue weighted by Gasteiger charge is -2.32. The zero-order chi connectivity index (χ0) is 17.6. The van der Waals surface area contributed by atoms with E-state index >= 15 is 0 Å². The highest BCUT2D eigenvalue weighted by Gasteiger charge is 2.27. The highest BCUT2D eigenvalue weighted by Crippen LogP contribution is 2.24. The third-order valence-electron chi connectivity index (χ3n) is 4.90. The summed E-state index contributed by atoms with van der Waals surface area (Å²) >= 11 is 0. The molecule has 1 unspecified atom stereocenters. The molecule has 0 spiro atoms. The third kappa shape index (κ3) is 2.74. The fraction of sp³-hybridized carbons (Fsp3) is 0.444. The number of hydrogen-bond acceptors (Lipinski definition) is 5. The average molecular weight is 338 g/mol. The van der Waals surface area contributed by atoms with E-state index in [0.717, 1.165) is 30.3 Å². The van der Waals surface area contributed by atoms with Gasteiger partial charge in [-0.1, -0.05) is 26.0 Å². The predicted octanol–water partition coefficient (Wildman–Crippen LogP) is 2.21. The summed E-state index contributed by atoms with van der Waals surface area (Å²) in [7, 11) is 0. The van der Waals surface area contributed by atoms with Crippen LogP contribution in [0.25, 0.3) is 10.9 Å². The van der Waals surface area contributed by atoms with E-state index in [9.17, 15) is 4.79 Å². The van der Waals surface area contributed by atoms with Crippen LogP contribution in [0, 0.1) is 0 Å². The maximum Gasteiger partial charge on any atom is 0.258 e. The largest absolute Gasteiger partial charge is 0.312 e. The van der Waals surface area contributed by atoms with Gasteiger partial charge in [-0.15, -0.1) is 10.2 Å². The molecule has 7 nitrogen and oxygen atoms in total. The van der Waals surface area contributed by atoms with Crippen molar-refractivity contribution in [2.24, 2.45) is 0 Å². The van der Waals surface area contributed by atoms with Gasteiger partial charge in [0.15, 0.2) is 0 Å². The molecule has 0 saturated carbocycles. The first-order valence-electron chi connectivity index (χ1n) is 8.69. The molecule has 0 bridgehead atoms. The fourth-order valence-corrected chi connectivity index (χ4v) is 3.43. The maximum absolute atomic E-state index is 12.3. The summed E-state index contributed by atoms with van der Waals surface area (Å²) < 4.78 is 2.21. The number of aromatic nitrogens is 5. The van der Waals surface area contributed by atoms with Gasteiger partial charge in [-0.05, 0) is 19.1 Å². The maximum atomic E-state index is 12.3. The van der Waals surface area contributed by atoms with Gasteiger partial charge in [0.2, 0.25) is 0 Å². The quantitative estimate of drug-likeness (QED) is 0.792. The van der Waals surface area contributed by atoms with Crippen molar-refractivity contribution in [3.63, 3.8) is 0 Å². The Morgan fingerprint density at radius 1 is 1.12 bits per heavy atom. The summed E-state index contributed by atoms with van der Waals surface area (Å²) in [5.41, 5.74) is 0.644. The smallest absolute Gasteiger partial charge is 0.258 e. The Morgan fingerprint density at radius 2 is 1.92 bits per heavy atom. The molecular formula is C18H22N6O. The number of aromatic amines is 1. The second-order valence-electron chi connectivity index (χ2n) is 6.90. The van der Waals surface area contributed by atoms with E-state index in [1.165, 1.54) is 0 Å². The van der Waals surface area contributed by atoms with Gasteiger partial charge in [0.25, 0.3) is 5.56 Å². The fourth-order valence-electron chi connectivity index (χ4n) is 3.43. The highest BCUT2D eigenvalue weighted by atomic mass is 16.1. The molecule has 3 aromatic rings. The Balaban J connectivity index is 1.63. The first-order chi connectivity index (χ1) is 12.0. The Morgan fingerprint density at radius 3 is 2.72 bits per heavy atom. The molecule has 25 heavy (non-hydrogen) atoms. The first kappa shape index (κ1) is 16.0. The summed E-state index contributed by atoms with van der Waals surface area (Å²) in [4.78, 5) is 22.2. The van der Waals surface area contributed by atoms with Gasteiger partial charge in [-0.3, -0.25) is 9.69 Å². The molecule has 0 fully saturated rings. The molecule has 7 heteroatoms. The molecule has 130 valence electrons. The van der Waals surface area contributed by atoms with E-state index in [0.29, 0.717) is 23.7 Å². The van der Waals surface area contributed by atoms with E-state index in [-0.39, 0.29) is 11.6 Å². The van der Waals surface area contributed by atoms with Gasteiger partial charge >= 0.3 is 0 Å². The Bertz CT molecular complexity index is 973. The van der Waals surface area contributed by atoms with Crippen LogP contribution in [-0.2, 0) is 13.1 Å². The number of rotatable bonds is 3. The van der Waals surface area contributed by atoms with Crippen LogP contribution < -0.4 is 5.56 Å². The Kier molecular flexibility index (Phi) is 3.88. The zero-order valence-corrected chi connectivity index (χ0v) is 14.7. The minimum absolute atomic E-state index is 0.00487. The predicted molar refractivity (Wildman–Crippen MR) is 95.3 cm³/mol. The van der Waals surface area contributed by atoms with E-state index in [1.54, 1.807) is 6.07 Å². The van der Waals surface area contributed by atoms with Crippen molar-refractivity contribution in [1.29, 1.82) is 0 Å². The lowest BCUT2D eigenvalue weighted by molar-refractivity contribution is 0.156. The number of fused-ring (bicyclic) bond motifs is 2. The number of nitrogens with zero attached hydrogens (tertiary/aromatic N) is 5. The van der Waals surface area contributed by atoms with Crippen LogP contribution in [0.4, 0.5) is 0 Å². The molecule has 1 aliphatic heterocycles. The van der Waals surface area contributed by atoms with Crippen molar-refractivity contribution in [3.8, 4) is 0 Å². The summed E-state index contributed by atoms with van der Waals surface area (Å²) in [5.74, 6) is 3.08. The standard InChI is InChI=1S/C18H22N6O/c1-11(2)17-22-21-15-10-23(8-9-24(15)17)12(3)16-19-14-7-5-4-6-13(14)18(25)20-16/h4-7,11-12H,8-10H2,1-3H3,(H,19,20,25). The monoisotopic (exact) mass is 338 g/mol. The summed E-state index contributed by atoms with van der Waals surface area (Å²) in [6.07, 6.45) is 0.